The Morgan fingerprint density at radius 3 is 2.45 bits per heavy atom. The molecule has 1 aromatic heterocycles. The van der Waals surface area contributed by atoms with E-state index in [0.29, 0.717) is 16.5 Å². The molecule has 0 spiro atoms. The third-order valence-electron chi connectivity index (χ3n) is 5.14. The third-order valence-corrected chi connectivity index (χ3v) is 5.39. The molecule has 156 valence electrons. The molecule has 0 bridgehead atoms. The summed E-state index contributed by atoms with van der Waals surface area (Å²) in [5.41, 5.74) is 6.29. The number of allylic oxidation sites excluding steroid dienone is 1. The number of benzene rings is 3. The highest BCUT2D eigenvalue weighted by molar-refractivity contribution is 6.30. The maximum atomic E-state index is 12.5. The molecule has 4 aromatic rings. The van der Waals surface area contributed by atoms with Crippen LogP contribution in [0.15, 0.2) is 77.4 Å². The van der Waals surface area contributed by atoms with Gasteiger partial charge in [0.25, 0.3) is 0 Å². The smallest absolute Gasteiger partial charge is 0.248 e. The number of carbonyl (C=O) groups is 1. The molecular formula is C26H22ClNO3. The summed E-state index contributed by atoms with van der Waals surface area (Å²) < 4.78 is 11.4. The van der Waals surface area contributed by atoms with E-state index in [9.17, 15) is 4.79 Å². The summed E-state index contributed by atoms with van der Waals surface area (Å²) in [6.45, 7) is 3.94. The van der Waals surface area contributed by atoms with Gasteiger partial charge in [-0.25, -0.2) is 0 Å². The lowest BCUT2D eigenvalue weighted by atomic mass is 9.99. The maximum absolute atomic E-state index is 12.5. The zero-order chi connectivity index (χ0) is 22.0. The Morgan fingerprint density at radius 1 is 1.06 bits per heavy atom. The number of hydrogen-bond donors (Lipinski definition) is 1. The summed E-state index contributed by atoms with van der Waals surface area (Å²) in [7, 11) is 1.61. The molecule has 4 nitrogen and oxygen atoms in total. The zero-order valence-corrected chi connectivity index (χ0v) is 18.3. The number of amides is 1. The molecule has 0 fully saturated rings. The molecule has 0 radical (unpaired) electrons. The average molecular weight is 432 g/mol. The number of methoxy groups -OCH3 is 1. The Kier molecular flexibility index (Phi) is 5.83. The van der Waals surface area contributed by atoms with Crippen LogP contribution in [0.5, 0.6) is 5.75 Å². The minimum atomic E-state index is -0.229. The SMILES string of the molecule is COc1cc2occ(-c3ccc(C)cc3)c2cc1/C(C)=C/C(=O)Nc1ccc(Cl)cc1. The van der Waals surface area contributed by atoms with E-state index in [1.807, 2.05) is 19.1 Å². The van der Waals surface area contributed by atoms with Crippen LogP contribution < -0.4 is 10.1 Å². The normalized spacial score (nSPS) is 11.5. The molecule has 1 amide bonds. The number of hydrogen-bond acceptors (Lipinski definition) is 3. The standard InChI is InChI=1S/C26H22ClNO3/c1-16-4-6-18(7-5-16)23-15-31-25-14-24(30-3)21(13-22(23)25)17(2)12-26(29)28-20-10-8-19(27)9-11-20/h4-15H,1-3H3,(H,28,29)/b17-12+. The number of rotatable bonds is 5. The molecule has 1 N–H and O–H groups in total. The monoisotopic (exact) mass is 431 g/mol. The molecule has 0 aliphatic heterocycles. The van der Waals surface area contributed by atoms with Gasteiger partial charge in [0.1, 0.15) is 11.3 Å². The number of carbonyl (C=O) groups excluding carboxylic acids is 1. The van der Waals surface area contributed by atoms with Gasteiger partial charge in [-0.1, -0.05) is 41.4 Å². The molecule has 0 atom stereocenters. The quantitative estimate of drug-likeness (QED) is 0.342. The van der Waals surface area contributed by atoms with E-state index in [1.165, 1.54) is 5.56 Å². The molecule has 5 heteroatoms. The maximum Gasteiger partial charge on any atom is 0.248 e. The van der Waals surface area contributed by atoms with Gasteiger partial charge in [-0.05, 0) is 55.3 Å². The first kappa shape index (κ1) is 20.8. The van der Waals surface area contributed by atoms with Crippen LogP contribution in [-0.2, 0) is 4.79 Å². The number of nitrogens with one attached hydrogen (secondary N) is 1. The van der Waals surface area contributed by atoms with Crippen molar-refractivity contribution in [2.24, 2.45) is 0 Å². The average Bonchev–Trinajstić information content (AvgIpc) is 3.17. The molecule has 0 unspecified atom stereocenters. The van der Waals surface area contributed by atoms with Crippen molar-refractivity contribution in [2.45, 2.75) is 13.8 Å². The molecule has 0 aliphatic carbocycles. The van der Waals surface area contributed by atoms with Crippen LogP contribution in [0.1, 0.15) is 18.1 Å². The van der Waals surface area contributed by atoms with Crippen molar-refractivity contribution in [2.75, 3.05) is 12.4 Å². The summed E-state index contributed by atoms with van der Waals surface area (Å²) in [5.74, 6) is 0.415. The van der Waals surface area contributed by atoms with E-state index in [0.717, 1.165) is 33.2 Å². The highest BCUT2D eigenvalue weighted by Gasteiger charge is 2.15. The Labute approximate surface area is 186 Å². The summed E-state index contributed by atoms with van der Waals surface area (Å²) in [6.07, 6.45) is 3.31. The predicted molar refractivity (Wildman–Crippen MR) is 127 cm³/mol. The Morgan fingerprint density at radius 2 is 1.77 bits per heavy atom. The number of aryl methyl sites for hydroxylation is 1. The van der Waals surface area contributed by atoms with Crippen molar-refractivity contribution < 1.29 is 13.9 Å². The fourth-order valence-corrected chi connectivity index (χ4v) is 3.60. The van der Waals surface area contributed by atoms with E-state index in [2.05, 4.69) is 36.5 Å². The van der Waals surface area contributed by atoms with Crippen molar-refractivity contribution in [3.8, 4) is 16.9 Å². The van der Waals surface area contributed by atoms with E-state index in [-0.39, 0.29) is 5.91 Å². The lowest BCUT2D eigenvalue weighted by molar-refractivity contribution is -0.111. The highest BCUT2D eigenvalue weighted by atomic mass is 35.5. The number of halogens is 1. The van der Waals surface area contributed by atoms with Crippen molar-refractivity contribution >= 4 is 39.7 Å². The minimum Gasteiger partial charge on any atom is -0.496 e. The topological polar surface area (TPSA) is 51.5 Å². The van der Waals surface area contributed by atoms with Crippen molar-refractivity contribution in [1.82, 2.24) is 0 Å². The van der Waals surface area contributed by atoms with Gasteiger partial charge >= 0.3 is 0 Å². The van der Waals surface area contributed by atoms with Crippen LogP contribution in [-0.4, -0.2) is 13.0 Å². The van der Waals surface area contributed by atoms with Crippen LogP contribution in [0, 0.1) is 6.92 Å². The Hall–Kier alpha value is -3.50. The first-order chi connectivity index (χ1) is 14.9. The van der Waals surface area contributed by atoms with Gasteiger partial charge in [-0.2, -0.15) is 0 Å². The van der Waals surface area contributed by atoms with E-state index < -0.39 is 0 Å². The van der Waals surface area contributed by atoms with Gasteiger partial charge in [-0.3, -0.25) is 4.79 Å². The van der Waals surface area contributed by atoms with E-state index in [4.69, 9.17) is 20.8 Å². The molecule has 0 aliphatic rings. The summed E-state index contributed by atoms with van der Waals surface area (Å²) >= 11 is 5.90. The Balaban J connectivity index is 1.70. The zero-order valence-electron chi connectivity index (χ0n) is 17.5. The Bertz CT molecular complexity index is 1270. The lowest BCUT2D eigenvalue weighted by Gasteiger charge is -2.10. The number of furan rings is 1. The molecule has 1 heterocycles. The van der Waals surface area contributed by atoms with Crippen LogP contribution in [0.3, 0.4) is 0 Å². The van der Waals surface area contributed by atoms with Gasteiger partial charge in [-0.15, -0.1) is 0 Å². The number of ether oxygens (including phenoxy) is 1. The van der Waals surface area contributed by atoms with Gasteiger partial charge in [0.15, 0.2) is 0 Å². The van der Waals surface area contributed by atoms with E-state index >= 15 is 0 Å². The number of anilines is 1. The first-order valence-electron chi connectivity index (χ1n) is 9.86. The second-order valence-corrected chi connectivity index (χ2v) is 7.82. The van der Waals surface area contributed by atoms with Gasteiger partial charge in [0.2, 0.25) is 5.91 Å². The highest BCUT2D eigenvalue weighted by Crippen LogP contribution is 2.37. The number of fused-ring (bicyclic) bond motifs is 1. The fraction of sp³-hybridized carbons (Fsp3) is 0.115. The van der Waals surface area contributed by atoms with Crippen molar-refractivity contribution in [3.63, 3.8) is 0 Å². The van der Waals surface area contributed by atoms with Crippen LogP contribution in [0.25, 0.3) is 27.7 Å². The second kappa shape index (κ2) is 8.70. The predicted octanol–water partition coefficient (Wildman–Crippen LogP) is 7.11. The second-order valence-electron chi connectivity index (χ2n) is 7.39. The molecular weight excluding hydrogens is 410 g/mol. The van der Waals surface area contributed by atoms with Gasteiger partial charge in [0, 0.05) is 39.4 Å². The van der Waals surface area contributed by atoms with Crippen LogP contribution >= 0.6 is 11.6 Å². The molecule has 0 saturated carbocycles. The minimum absolute atomic E-state index is 0.229. The summed E-state index contributed by atoms with van der Waals surface area (Å²) in [6, 6.07) is 19.1. The fourth-order valence-electron chi connectivity index (χ4n) is 3.47. The van der Waals surface area contributed by atoms with E-state index in [1.54, 1.807) is 43.7 Å². The van der Waals surface area contributed by atoms with Crippen molar-refractivity contribution in [3.05, 3.63) is 89.2 Å². The van der Waals surface area contributed by atoms with Gasteiger partial charge in [0.05, 0.1) is 13.4 Å². The third kappa shape index (κ3) is 4.49. The molecule has 0 saturated heterocycles. The molecule has 31 heavy (non-hydrogen) atoms. The summed E-state index contributed by atoms with van der Waals surface area (Å²) in [4.78, 5) is 12.5. The molecule has 4 rings (SSSR count). The lowest BCUT2D eigenvalue weighted by Crippen LogP contribution is -2.08. The van der Waals surface area contributed by atoms with Crippen LogP contribution in [0.2, 0.25) is 5.02 Å². The summed E-state index contributed by atoms with van der Waals surface area (Å²) in [5, 5.41) is 4.43. The van der Waals surface area contributed by atoms with Gasteiger partial charge < -0.3 is 14.5 Å². The van der Waals surface area contributed by atoms with Crippen molar-refractivity contribution in [1.29, 1.82) is 0 Å². The molecule has 3 aromatic carbocycles. The largest absolute Gasteiger partial charge is 0.496 e. The first-order valence-corrected chi connectivity index (χ1v) is 10.2. The van der Waals surface area contributed by atoms with Crippen LogP contribution in [0.4, 0.5) is 5.69 Å².